The maximum Gasteiger partial charge on any atom is 0.273 e. The molecule has 184 valence electrons. The second-order valence-corrected chi connectivity index (χ2v) is 7.61. The van der Waals surface area contributed by atoms with E-state index in [-0.39, 0.29) is 5.56 Å². The molecular weight excluding hydrogens is 460 g/mol. The lowest BCUT2D eigenvalue weighted by Gasteiger charge is -2.10. The highest BCUT2D eigenvalue weighted by atomic mass is 16.5. The van der Waals surface area contributed by atoms with Crippen molar-refractivity contribution in [2.24, 2.45) is 0 Å². The molecule has 36 heavy (non-hydrogen) atoms. The molecule has 4 aromatic rings. The fourth-order valence-electron chi connectivity index (χ4n) is 3.57. The highest BCUT2D eigenvalue weighted by Crippen LogP contribution is 2.33. The monoisotopic (exact) mass is 486 g/mol. The van der Waals surface area contributed by atoms with Gasteiger partial charge in [-0.05, 0) is 61.5 Å². The summed E-state index contributed by atoms with van der Waals surface area (Å²) < 4.78 is 17.7. The fourth-order valence-corrected chi connectivity index (χ4v) is 3.57. The Balaban J connectivity index is 1.61. The molecule has 1 aromatic heterocycles. The van der Waals surface area contributed by atoms with Crippen LogP contribution in [0.15, 0.2) is 79.0 Å². The average molecular weight is 487 g/mol. The van der Waals surface area contributed by atoms with E-state index in [1.165, 1.54) is 7.11 Å². The predicted octanol–water partition coefficient (Wildman–Crippen LogP) is 4.03. The first-order valence-corrected chi connectivity index (χ1v) is 11.2. The molecular formula is C27H26N4O5. The second kappa shape index (κ2) is 11.1. The number of carbonyl (C=O) groups excluding carboxylic acids is 2. The van der Waals surface area contributed by atoms with Gasteiger partial charge in [-0.2, -0.15) is 5.10 Å². The van der Waals surface area contributed by atoms with Crippen LogP contribution in [-0.2, 0) is 0 Å². The number of nitrogens with one attached hydrogen (secondary N) is 2. The fraction of sp³-hybridized carbons (Fsp3) is 0.148. The Kier molecular flexibility index (Phi) is 7.50. The lowest BCUT2D eigenvalue weighted by atomic mass is 10.1. The van der Waals surface area contributed by atoms with Crippen molar-refractivity contribution in [3.8, 4) is 34.2 Å². The number of hydrogen-bond donors (Lipinski definition) is 2. The van der Waals surface area contributed by atoms with Crippen LogP contribution in [0.4, 0.5) is 0 Å². The Morgan fingerprint density at radius 1 is 0.861 bits per heavy atom. The van der Waals surface area contributed by atoms with Gasteiger partial charge in [-0.15, -0.1) is 0 Å². The van der Waals surface area contributed by atoms with E-state index in [1.54, 1.807) is 60.5 Å². The Bertz CT molecular complexity index is 1350. The third-order valence-electron chi connectivity index (χ3n) is 5.35. The molecule has 3 aromatic carbocycles. The van der Waals surface area contributed by atoms with Gasteiger partial charge in [0.2, 0.25) is 0 Å². The van der Waals surface area contributed by atoms with E-state index in [0.717, 1.165) is 5.69 Å². The lowest BCUT2D eigenvalue weighted by molar-refractivity contribution is 0.0847. The smallest absolute Gasteiger partial charge is 0.273 e. The summed E-state index contributed by atoms with van der Waals surface area (Å²) in [5.41, 5.74) is 7.40. The molecule has 0 atom stereocenters. The van der Waals surface area contributed by atoms with Crippen LogP contribution in [-0.4, -0.2) is 42.4 Å². The van der Waals surface area contributed by atoms with Gasteiger partial charge < -0.3 is 14.2 Å². The minimum absolute atomic E-state index is 0.262. The molecule has 0 aliphatic carbocycles. The predicted molar refractivity (Wildman–Crippen MR) is 135 cm³/mol. The van der Waals surface area contributed by atoms with Crippen molar-refractivity contribution in [3.63, 3.8) is 0 Å². The molecule has 9 heteroatoms. The number of para-hydroxylation sites is 1. The van der Waals surface area contributed by atoms with Crippen LogP contribution in [0, 0.1) is 0 Å². The minimum Gasteiger partial charge on any atom is -0.494 e. The van der Waals surface area contributed by atoms with E-state index in [0.29, 0.717) is 40.7 Å². The molecule has 0 aliphatic heterocycles. The number of rotatable bonds is 8. The normalized spacial score (nSPS) is 10.4. The standard InChI is InChI=1S/C27H26N4O5/c1-4-36-21-13-10-18(11-14-21)26(32)28-29-27(33)22-17-31(20-8-6-5-7-9-20)30-25(22)19-12-15-23(34-2)24(16-19)35-3/h5-17H,4H2,1-3H3,(H,28,32)(H,29,33). The van der Waals surface area contributed by atoms with Gasteiger partial charge in [-0.25, -0.2) is 4.68 Å². The molecule has 0 saturated carbocycles. The van der Waals surface area contributed by atoms with E-state index in [2.05, 4.69) is 16.0 Å². The van der Waals surface area contributed by atoms with Crippen LogP contribution in [0.5, 0.6) is 17.2 Å². The molecule has 1 heterocycles. The van der Waals surface area contributed by atoms with Crippen molar-refractivity contribution in [1.29, 1.82) is 0 Å². The molecule has 2 N–H and O–H groups in total. The Morgan fingerprint density at radius 3 is 2.22 bits per heavy atom. The van der Waals surface area contributed by atoms with Crippen molar-refractivity contribution in [3.05, 3.63) is 90.1 Å². The van der Waals surface area contributed by atoms with Gasteiger partial charge in [0, 0.05) is 17.3 Å². The molecule has 0 fully saturated rings. The molecule has 0 saturated heterocycles. The highest BCUT2D eigenvalue weighted by molar-refractivity contribution is 6.02. The van der Waals surface area contributed by atoms with Crippen LogP contribution in [0.25, 0.3) is 16.9 Å². The molecule has 0 aliphatic rings. The van der Waals surface area contributed by atoms with E-state index in [1.807, 2.05) is 37.3 Å². The van der Waals surface area contributed by atoms with E-state index < -0.39 is 11.8 Å². The van der Waals surface area contributed by atoms with Crippen molar-refractivity contribution >= 4 is 11.8 Å². The largest absolute Gasteiger partial charge is 0.494 e. The minimum atomic E-state index is -0.527. The van der Waals surface area contributed by atoms with Crippen LogP contribution in [0.1, 0.15) is 27.6 Å². The van der Waals surface area contributed by atoms with E-state index in [9.17, 15) is 9.59 Å². The highest BCUT2D eigenvalue weighted by Gasteiger charge is 2.21. The summed E-state index contributed by atoms with van der Waals surface area (Å²) in [5, 5.41) is 4.65. The second-order valence-electron chi connectivity index (χ2n) is 7.61. The molecule has 2 amide bonds. The number of benzene rings is 3. The first-order chi connectivity index (χ1) is 17.5. The number of carbonyl (C=O) groups is 2. The van der Waals surface area contributed by atoms with Gasteiger partial charge in [-0.3, -0.25) is 20.4 Å². The molecule has 4 rings (SSSR count). The van der Waals surface area contributed by atoms with Gasteiger partial charge in [0.05, 0.1) is 32.1 Å². The van der Waals surface area contributed by atoms with Crippen molar-refractivity contribution in [2.75, 3.05) is 20.8 Å². The number of hydrazine groups is 1. The van der Waals surface area contributed by atoms with E-state index in [4.69, 9.17) is 14.2 Å². The van der Waals surface area contributed by atoms with Crippen molar-refractivity contribution in [1.82, 2.24) is 20.6 Å². The summed E-state index contributed by atoms with van der Waals surface area (Å²) >= 11 is 0. The Morgan fingerprint density at radius 2 is 1.56 bits per heavy atom. The summed E-state index contributed by atoms with van der Waals surface area (Å²) in [6.45, 7) is 2.41. The molecule has 0 radical (unpaired) electrons. The summed E-state index contributed by atoms with van der Waals surface area (Å²) in [5.74, 6) is 0.721. The average Bonchev–Trinajstić information content (AvgIpc) is 3.38. The Labute approximate surface area is 208 Å². The van der Waals surface area contributed by atoms with Crippen molar-refractivity contribution in [2.45, 2.75) is 6.92 Å². The number of methoxy groups -OCH3 is 2. The summed E-state index contributed by atoms with van der Waals surface area (Å²) in [4.78, 5) is 25.7. The molecule has 0 spiro atoms. The van der Waals surface area contributed by atoms with Crippen LogP contribution in [0.3, 0.4) is 0 Å². The third-order valence-corrected chi connectivity index (χ3v) is 5.35. The summed E-state index contributed by atoms with van der Waals surface area (Å²) in [6, 6.07) is 21.3. The van der Waals surface area contributed by atoms with E-state index >= 15 is 0 Å². The lowest BCUT2D eigenvalue weighted by Crippen LogP contribution is -2.41. The first-order valence-electron chi connectivity index (χ1n) is 11.2. The number of ether oxygens (including phenoxy) is 3. The quantitative estimate of drug-likeness (QED) is 0.365. The van der Waals surface area contributed by atoms with Crippen LogP contribution < -0.4 is 25.1 Å². The van der Waals surface area contributed by atoms with Gasteiger partial charge in [0.25, 0.3) is 11.8 Å². The Hall–Kier alpha value is -4.79. The van der Waals surface area contributed by atoms with Gasteiger partial charge in [-0.1, -0.05) is 18.2 Å². The zero-order valence-electron chi connectivity index (χ0n) is 20.1. The maximum atomic E-state index is 13.2. The molecule has 9 nitrogen and oxygen atoms in total. The summed E-state index contributed by atoms with van der Waals surface area (Å²) in [7, 11) is 3.09. The first kappa shape index (κ1) is 24.3. The van der Waals surface area contributed by atoms with Crippen LogP contribution >= 0.6 is 0 Å². The number of aromatic nitrogens is 2. The topological polar surface area (TPSA) is 104 Å². The zero-order valence-corrected chi connectivity index (χ0v) is 20.1. The summed E-state index contributed by atoms with van der Waals surface area (Å²) in [6.07, 6.45) is 1.61. The zero-order chi connectivity index (χ0) is 25.5. The SMILES string of the molecule is CCOc1ccc(C(=O)NNC(=O)c2cn(-c3ccccc3)nc2-c2ccc(OC)c(OC)c2)cc1. The number of amides is 2. The van der Waals surface area contributed by atoms with Crippen molar-refractivity contribution < 1.29 is 23.8 Å². The number of nitrogens with zero attached hydrogens (tertiary/aromatic N) is 2. The maximum absolute atomic E-state index is 13.2. The molecule has 0 unspecified atom stereocenters. The van der Waals surface area contributed by atoms with Gasteiger partial charge >= 0.3 is 0 Å². The third kappa shape index (κ3) is 5.30. The number of hydrogen-bond acceptors (Lipinski definition) is 6. The molecule has 0 bridgehead atoms. The van der Waals surface area contributed by atoms with Gasteiger partial charge in [0.1, 0.15) is 11.4 Å². The van der Waals surface area contributed by atoms with Gasteiger partial charge in [0.15, 0.2) is 11.5 Å². The van der Waals surface area contributed by atoms with Crippen LogP contribution in [0.2, 0.25) is 0 Å².